The number of carbonyl (C=O) groups excluding carboxylic acids is 3. The zero-order chi connectivity index (χ0) is 13.1. The second kappa shape index (κ2) is 9.96. The summed E-state index contributed by atoms with van der Waals surface area (Å²) in [7, 11) is 0. The van der Waals surface area contributed by atoms with Crippen molar-refractivity contribution in [2.45, 2.75) is 39.5 Å². The summed E-state index contributed by atoms with van der Waals surface area (Å²) in [6, 6.07) is 0. The Balaban J connectivity index is 3.30. The van der Waals surface area contributed by atoms with Gasteiger partial charge in [-0.3, -0.25) is 9.59 Å². The molecule has 0 aliphatic carbocycles. The minimum absolute atomic E-state index is 0.00878. The fraction of sp³-hybridized carbons (Fsp3) is 0.750. The van der Waals surface area contributed by atoms with Gasteiger partial charge in [-0.05, 0) is 6.92 Å². The van der Waals surface area contributed by atoms with Gasteiger partial charge in [-0.1, -0.05) is 6.92 Å². The van der Waals surface area contributed by atoms with Gasteiger partial charge in [0.15, 0.2) is 0 Å². The maximum atomic E-state index is 11.2. The average molecular weight is 243 g/mol. The molecule has 0 aromatic heterocycles. The highest BCUT2D eigenvalue weighted by atomic mass is 16.5. The SMILES string of the molecule is CCC(=O)CCOCCNC(=O)CCC(C)=O. The van der Waals surface area contributed by atoms with Crippen LogP contribution in [0.25, 0.3) is 0 Å². The second-order valence-corrected chi connectivity index (χ2v) is 3.81. The molecule has 0 aliphatic rings. The maximum absolute atomic E-state index is 11.2. The van der Waals surface area contributed by atoms with E-state index in [1.165, 1.54) is 6.92 Å². The molecule has 5 heteroatoms. The Morgan fingerprint density at radius 1 is 1.06 bits per heavy atom. The molecular formula is C12H21NO4. The van der Waals surface area contributed by atoms with Crippen molar-refractivity contribution in [3.63, 3.8) is 0 Å². The largest absolute Gasteiger partial charge is 0.379 e. The molecular weight excluding hydrogens is 222 g/mol. The highest BCUT2D eigenvalue weighted by molar-refractivity contribution is 5.83. The number of Topliss-reactive ketones (excluding diaryl/α,β-unsaturated/α-hetero) is 2. The van der Waals surface area contributed by atoms with Gasteiger partial charge < -0.3 is 14.8 Å². The Kier molecular flexibility index (Phi) is 9.24. The van der Waals surface area contributed by atoms with Crippen molar-refractivity contribution in [1.82, 2.24) is 5.32 Å². The molecule has 0 aliphatic heterocycles. The third-order valence-corrected chi connectivity index (χ3v) is 2.19. The quantitative estimate of drug-likeness (QED) is 0.577. The molecule has 0 rings (SSSR count). The van der Waals surface area contributed by atoms with Crippen LogP contribution < -0.4 is 5.32 Å². The number of amides is 1. The van der Waals surface area contributed by atoms with Crippen LogP contribution in [0, 0.1) is 0 Å². The molecule has 1 amide bonds. The van der Waals surface area contributed by atoms with Crippen LogP contribution in [0.5, 0.6) is 0 Å². The molecule has 0 fully saturated rings. The Morgan fingerprint density at radius 3 is 2.35 bits per heavy atom. The minimum Gasteiger partial charge on any atom is -0.379 e. The first-order valence-corrected chi connectivity index (χ1v) is 5.91. The molecule has 17 heavy (non-hydrogen) atoms. The van der Waals surface area contributed by atoms with E-state index < -0.39 is 0 Å². The van der Waals surface area contributed by atoms with Crippen molar-refractivity contribution in [3.05, 3.63) is 0 Å². The Hall–Kier alpha value is -1.23. The fourth-order valence-corrected chi connectivity index (χ4v) is 1.11. The molecule has 0 aromatic carbocycles. The third-order valence-electron chi connectivity index (χ3n) is 2.19. The van der Waals surface area contributed by atoms with E-state index in [2.05, 4.69) is 5.32 Å². The molecule has 0 heterocycles. The van der Waals surface area contributed by atoms with Crippen LogP contribution in [0.1, 0.15) is 39.5 Å². The van der Waals surface area contributed by atoms with Gasteiger partial charge in [-0.25, -0.2) is 0 Å². The normalized spacial score (nSPS) is 10.0. The van der Waals surface area contributed by atoms with Crippen LogP contribution in [-0.2, 0) is 19.1 Å². The Labute approximate surface area is 102 Å². The van der Waals surface area contributed by atoms with Crippen molar-refractivity contribution in [2.75, 3.05) is 19.8 Å². The summed E-state index contributed by atoms with van der Waals surface area (Å²) in [6.45, 7) is 4.48. The summed E-state index contributed by atoms with van der Waals surface area (Å²) < 4.78 is 5.18. The van der Waals surface area contributed by atoms with Crippen molar-refractivity contribution < 1.29 is 19.1 Å². The minimum atomic E-state index is -0.145. The van der Waals surface area contributed by atoms with Crippen LogP contribution >= 0.6 is 0 Å². The van der Waals surface area contributed by atoms with E-state index >= 15 is 0 Å². The summed E-state index contributed by atoms with van der Waals surface area (Å²) >= 11 is 0. The van der Waals surface area contributed by atoms with Crippen LogP contribution in [-0.4, -0.2) is 37.2 Å². The van der Waals surface area contributed by atoms with E-state index in [4.69, 9.17) is 4.74 Å². The van der Waals surface area contributed by atoms with Crippen molar-refractivity contribution >= 4 is 17.5 Å². The summed E-state index contributed by atoms with van der Waals surface area (Å²) in [5.74, 6) is 0.0402. The monoisotopic (exact) mass is 243 g/mol. The lowest BCUT2D eigenvalue weighted by Gasteiger charge is -2.05. The number of ether oxygens (including phenoxy) is 1. The lowest BCUT2D eigenvalue weighted by molar-refractivity contribution is -0.124. The molecule has 98 valence electrons. The smallest absolute Gasteiger partial charge is 0.220 e. The molecule has 0 radical (unpaired) electrons. The third kappa shape index (κ3) is 11.0. The number of hydrogen-bond donors (Lipinski definition) is 1. The van der Waals surface area contributed by atoms with Gasteiger partial charge in [-0.15, -0.1) is 0 Å². The van der Waals surface area contributed by atoms with Gasteiger partial charge in [-0.2, -0.15) is 0 Å². The predicted molar refractivity (Wildman–Crippen MR) is 63.7 cm³/mol. The van der Waals surface area contributed by atoms with Crippen LogP contribution in [0.3, 0.4) is 0 Å². The summed E-state index contributed by atoms with van der Waals surface area (Å²) in [5.41, 5.74) is 0. The standard InChI is InChI=1S/C12H21NO4/c1-3-11(15)6-8-17-9-7-13-12(16)5-4-10(2)14/h3-9H2,1-2H3,(H,13,16). The number of nitrogens with one attached hydrogen (secondary N) is 1. The van der Waals surface area contributed by atoms with Crippen LogP contribution in [0.15, 0.2) is 0 Å². The topological polar surface area (TPSA) is 72.5 Å². The lowest BCUT2D eigenvalue weighted by atomic mass is 10.2. The fourth-order valence-electron chi connectivity index (χ4n) is 1.11. The summed E-state index contributed by atoms with van der Waals surface area (Å²) in [5, 5.41) is 2.64. The van der Waals surface area contributed by atoms with Gasteiger partial charge in [0.05, 0.1) is 13.2 Å². The van der Waals surface area contributed by atoms with Gasteiger partial charge in [0, 0.05) is 32.2 Å². The van der Waals surface area contributed by atoms with E-state index in [1.54, 1.807) is 0 Å². The zero-order valence-electron chi connectivity index (χ0n) is 10.6. The van der Waals surface area contributed by atoms with E-state index in [1.807, 2.05) is 6.92 Å². The average Bonchev–Trinajstić information content (AvgIpc) is 2.30. The predicted octanol–water partition coefficient (Wildman–Crippen LogP) is 0.858. The molecule has 0 spiro atoms. The number of carbonyl (C=O) groups is 3. The van der Waals surface area contributed by atoms with E-state index in [0.717, 1.165) is 0 Å². The molecule has 0 unspecified atom stereocenters. The molecule has 0 bridgehead atoms. The first-order chi connectivity index (χ1) is 8.06. The molecule has 0 saturated carbocycles. The van der Waals surface area contributed by atoms with E-state index in [-0.39, 0.29) is 30.3 Å². The Bertz CT molecular complexity index is 263. The van der Waals surface area contributed by atoms with Gasteiger partial charge in [0.25, 0.3) is 0 Å². The van der Waals surface area contributed by atoms with E-state index in [0.29, 0.717) is 32.6 Å². The molecule has 0 saturated heterocycles. The first kappa shape index (κ1) is 15.8. The Morgan fingerprint density at radius 2 is 1.76 bits per heavy atom. The lowest BCUT2D eigenvalue weighted by Crippen LogP contribution is -2.27. The van der Waals surface area contributed by atoms with E-state index in [9.17, 15) is 14.4 Å². The zero-order valence-corrected chi connectivity index (χ0v) is 10.6. The van der Waals surface area contributed by atoms with Crippen LogP contribution in [0.2, 0.25) is 0 Å². The number of ketones is 2. The second-order valence-electron chi connectivity index (χ2n) is 3.81. The summed E-state index contributed by atoms with van der Waals surface area (Å²) in [4.78, 5) is 32.7. The van der Waals surface area contributed by atoms with Gasteiger partial charge >= 0.3 is 0 Å². The maximum Gasteiger partial charge on any atom is 0.220 e. The molecule has 0 aromatic rings. The van der Waals surface area contributed by atoms with Gasteiger partial charge in [0.2, 0.25) is 5.91 Å². The summed E-state index contributed by atoms with van der Waals surface area (Å²) in [6.07, 6.45) is 1.46. The van der Waals surface area contributed by atoms with Crippen molar-refractivity contribution in [2.24, 2.45) is 0 Å². The molecule has 5 nitrogen and oxygen atoms in total. The van der Waals surface area contributed by atoms with Gasteiger partial charge in [0.1, 0.15) is 11.6 Å². The molecule has 0 atom stereocenters. The highest BCUT2D eigenvalue weighted by Gasteiger charge is 2.02. The molecule has 1 N–H and O–H groups in total. The van der Waals surface area contributed by atoms with Crippen molar-refractivity contribution in [3.8, 4) is 0 Å². The number of hydrogen-bond acceptors (Lipinski definition) is 4. The first-order valence-electron chi connectivity index (χ1n) is 5.91. The number of rotatable bonds is 10. The van der Waals surface area contributed by atoms with Crippen molar-refractivity contribution in [1.29, 1.82) is 0 Å². The highest BCUT2D eigenvalue weighted by Crippen LogP contribution is 1.91. The van der Waals surface area contributed by atoms with Crippen LogP contribution in [0.4, 0.5) is 0 Å².